The average molecular weight is 446 g/mol. The molecule has 33 heavy (non-hydrogen) atoms. The SMILES string of the molecule is O=c1[nH]c(=O)n(-c2cccc3ccccc23)c(O)c1C=NC[C@H](O)c1ccc([N+](=O)[O-])cc1. The summed E-state index contributed by atoms with van der Waals surface area (Å²) >= 11 is 0. The van der Waals surface area contributed by atoms with Gasteiger partial charge in [-0.05, 0) is 29.1 Å². The van der Waals surface area contributed by atoms with Gasteiger partial charge in [-0.1, -0.05) is 36.4 Å². The number of aliphatic imine (C=N–C) groups is 1. The van der Waals surface area contributed by atoms with Crippen LogP contribution in [0.5, 0.6) is 5.88 Å². The van der Waals surface area contributed by atoms with Crippen molar-refractivity contribution in [2.24, 2.45) is 4.99 Å². The van der Waals surface area contributed by atoms with Crippen molar-refractivity contribution >= 4 is 22.7 Å². The van der Waals surface area contributed by atoms with E-state index in [1.165, 1.54) is 24.3 Å². The average Bonchev–Trinajstić information content (AvgIpc) is 2.81. The largest absolute Gasteiger partial charge is 0.493 e. The van der Waals surface area contributed by atoms with Crippen molar-refractivity contribution < 1.29 is 15.1 Å². The van der Waals surface area contributed by atoms with E-state index in [0.29, 0.717) is 16.6 Å². The molecule has 10 heteroatoms. The lowest BCUT2D eigenvalue weighted by Crippen LogP contribution is -2.31. The number of aromatic amines is 1. The third kappa shape index (κ3) is 4.27. The Balaban J connectivity index is 1.66. The van der Waals surface area contributed by atoms with Crippen LogP contribution >= 0.6 is 0 Å². The van der Waals surface area contributed by atoms with Crippen LogP contribution in [0.15, 0.2) is 81.3 Å². The molecule has 0 saturated heterocycles. The van der Waals surface area contributed by atoms with Gasteiger partial charge in [-0.3, -0.25) is 24.9 Å². The molecular weight excluding hydrogens is 428 g/mol. The molecule has 0 amide bonds. The molecule has 0 saturated carbocycles. The molecule has 0 fully saturated rings. The highest BCUT2D eigenvalue weighted by Crippen LogP contribution is 2.24. The van der Waals surface area contributed by atoms with Crippen molar-refractivity contribution in [2.45, 2.75) is 6.10 Å². The summed E-state index contributed by atoms with van der Waals surface area (Å²) in [6.07, 6.45) is -0.0172. The molecule has 0 aliphatic heterocycles. The van der Waals surface area contributed by atoms with Crippen molar-refractivity contribution in [3.05, 3.63) is 109 Å². The second kappa shape index (κ2) is 8.89. The van der Waals surface area contributed by atoms with Crippen molar-refractivity contribution in [3.8, 4) is 11.6 Å². The number of aliphatic hydroxyl groups excluding tert-OH is 1. The van der Waals surface area contributed by atoms with Gasteiger partial charge in [0.25, 0.3) is 11.2 Å². The van der Waals surface area contributed by atoms with Gasteiger partial charge >= 0.3 is 5.69 Å². The van der Waals surface area contributed by atoms with Gasteiger partial charge in [0.15, 0.2) is 0 Å². The van der Waals surface area contributed by atoms with Crippen LogP contribution in [0.4, 0.5) is 5.69 Å². The molecule has 10 nitrogen and oxygen atoms in total. The minimum atomic E-state index is -1.09. The van der Waals surface area contributed by atoms with E-state index >= 15 is 0 Å². The summed E-state index contributed by atoms with van der Waals surface area (Å²) in [6.45, 7) is -0.177. The molecule has 4 aromatic rings. The lowest BCUT2D eigenvalue weighted by atomic mass is 10.1. The summed E-state index contributed by atoms with van der Waals surface area (Å²) in [5.41, 5.74) is -1.22. The van der Waals surface area contributed by atoms with Crippen LogP contribution in [-0.4, -0.2) is 37.4 Å². The zero-order valence-corrected chi connectivity index (χ0v) is 17.1. The summed E-state index contributed by atoms with van der Waals surface area (Å²) in [5, 5.41) is 33.3. The van der Waals surface area contributed by atoms with E-state index in [-0.39, 0.29) is 17.8 Å². The van der Waals surface area contributed by atoms with Crippen molar-refractivity contribution in [1.29, 1.82) is 0 Å². The first-order chi connectivity index (χ1) is 15.9. The molecule has 0 aliphatic rings. The number of non-ortho nitro benzene ring substituents is 1. The van der Waals surface area contributed by atoms with Crippen molar-refractivity contribution in [2.75, 3.05) is 6.54 Å². The Hall–Kier alpha value is -4.57. The first kappa shape index (κ1) is 21.7. The molecule has 1 aromatic heterocycles. The van der Waals surface area contributed by atoms with Crippen LogP contribution in [0.2, 0.25) is 0 Å². The summed E-state index contributed by atoms with van der Waals surface area (Å²) in [7, 11) is 0. The maximum atomic E-state index is 12.5. The van der Waals surface area contributed by atoms with E-state index in [1.807, 2.05) is 18.2 Å². The predicted octanol–water partition coefficient (Wildman–Crippen LogP) is 2.45. The van der Waals surface area contributed by atoms with Gasteiger partial charge in [0.05, 0.1) is 23.3 Å². The fraction of sp³-hybridized carbons (Fsp3) is 0.0870. The summed E-state index contributed by atoms with van der Waals surface area (Å²) in [5.74, 6) is -0.589. The number of benzene rings is 3. The van der Waals surface area contributed by atoms with Gasteiger partial charge in [0.2, 0.25) is 5.88 Å². The quantitative estimate of drug-likeness (QED) is 0.235. The number of aromatic hydroxyl groups is 1. The van der Waals surface area contributed by atoms with Gasteiger partial charge < -0.3 is 10.2 Å². The minimum Gasteiger partial charge on any atom is -0.493 e. The molecule has 4 rings (SSSR count). The minimum absolute atomic E-state index is 0.110. The molecule has 0 bridgehead atoms. The zero-order valence-electron chi connectivity index (χ0n) is 17.1. The molecule has 0 spiro atoms. The fourth-order valence-corrected chi connectivity index (χ4v) is 3.45. The highest BCUT2D eigenvalue weighted by Gasteiger charge is 2.16. The standard InChI is InChI=1S/C23H18N4O6/c28-20(15-8-10-16(11-9-15)27(32)33)13-24-12-18-21(29)25-23(31)26(22(18)30)19-7-3-5-14-4-1-2-6-17(14)19/h1-12,20,28,30H,13H2,(H,25,29,31)/t20-/m0/s1. The topological polar surface area (TPSA) is 151 Å². The molecule has 1 atom stereocenters. The number of rotatable bonds is 6. The van der Waals surface area contributed by atoms with E-state index in [0.717, 1.165) is 16.2 Å². The van der Waals surface area contributed by atoms with E-state index in [1.54, 1.807) is 24.3 Å². The number of aliphatic hydroxyl groups is 1. The second-order valence-corrected chi connectivity index (χ2v) is 7.19. The molecule has 0 radical (unpaired) electrons. The van der Waals surface area contributed by atoms with Gasteiger partial charge in [-0.2, -0.15) is 0 Å². The van der Waals surface area contributed by atoms with Gasteiger partial charge in [0, 0.05) is 23.7 Å². The Labute approximate surface area is 185 Å². The van der Waals surface area contributed by atoms with E-state index in [2.05, 4.69) is 9.98 Å². The molecule has 0 unspecified atom stereocenters. The van der Waals surface area contributed by atoms with Gasteiger partial charge in [-0.25, -0.2) is 9.36 Å². The number of nitrogens with one attached hydrogen (secondary N) is 1. The third-order valence-electron chi connectivity index (χ3n) is 5.12. The summed E-state index contributed by atoms with van der Waals surface area (Å²) in [6, 6.07) is 17.8. The van der Waals surface area contributed by atoms with Crippen molar-refractivity contribution in [3.63, 3.8) is 0 Å². The maximum Gasteiger partial charge on any atom is 0.335 e. The van der Waals surface area contributed by atoms with Gasteiger partial charge in [-0.15, -0.1) is 0 Å². The lowest BCUT2D eigenvalue weighted by Gasteiger charge is -2.12. The monoisotopic (exact) mass is 446 g/mol. The Morgan fingerprint density at radius 1 is 1.06 bits per heavy atom. The first-order valence-electron chi connectivity index (χ1n) is 9.85. The van der Waals surface area contributed by atoms with E-state index in [9.17, 15) is 29.9 Å². The lowest BCUT2D eigenvalue weighted by molar-refractivity contribution is -0.384. The molecule has 3 N–H and O–H groups in total. The van der Waals surface area contributed by atoms with Crippen LogP contribution < -0.4 is 11.2 Å². The number of fused-ring (bicyclic) bond motifs is 1. The Morgan fingerprint density at radius 3 is 2.48 bits per heavy atom. The number of H-pyrrole nitrogens is 1. The number of hydrogen-bond donors (Lipinski definition) is 3. The Kier molecular flexibility index (Phi) is 5.83. The summed E-state index contributed by atoms with van der Waals surface area (Å²) in [4.78, 5) is 41.2. The molecule has 166 valence electrons. The maximum absolute atomic E-state index is 12.5. The molecular formula is C23H18N4O6. The normalized spacial score (nSPS) is 12.3. The summed E-state index contributed by atoms with van der Waals surface area (Å²) < 4.78 is 0.984. The smallest absolute Gasteiger partial charge is 0.335 e. The number of hydrogen-bond acceptors (Lipinski definition) is 7. The molecule has 0 aliphatic carbocycles. The number of nitro groups is 1. The van der Waals surface area contributed by atoms with E-state index in [4.69, 9.17) is 0 Å². The number of nitro benzene ring substituents is 1. The predicted molar refractivity (Wildman–Crippen MR) is 122 cm³/mol. The van der Waals surface area contributed by atoms with Crippen LogP contribution in [0.25, 0.3) is 16.5 Å². The first-order valence-corrected chi connectivity index (χ1v) is 9.85. The third-order valence-corrected chi connectivity index (χ3v) is 5.12. The molecule has 1 heterocycles. The Bertz CT molecular complexity index is 1480. The second-order valence-electron chi connectivity index (χ2n) is 7.19. The zero-order chi connectivity index (χ0) is 23.5. The molecule has 3 aromatic carbocycles. The van der Waals surface area contributed by atoms with Crippen LogP contribution in [0.1, 0.15) is 17.2 Å². The highest BCUT2D eigenvalue weighted by atomic mass is 16.6. The van der Waals surface area contributed by atoms with Crippen molar-refractivity contribution in [1.82, 2.24) is 9.55 Å². The fourth-order valence-electron chi connectivity index (χ4n) is 3.45. The number of aromatic nitrogens is 2. The van der Waals surface area contributed by atoms with E-state index < -0.39 is 28.2 Å². The van der Waals surface area contributed by atoms with Gasteiger partial charge in [0.1, 0.15) is 5.56 Å². The van der Waals surface area contributed by atoms with Crippen LogP contribution in [-0.2, 0) is 0 Å². The Morgan fingerprint density at radius 2 is 1.76 bits per heavy atom. The van der Waals surface area contributed by atoms with Crippen LogP contribution in [0, 0.1) is 10.1 Å². The number of nitrogens with zero attached hydrogens (tertiary/aromatic N) is 3. The highest BCUT2D eigenvalue weighted by molar-refractivity contribution is 5.91. The van der Waals surface area contributed by atoms with Crippen LogP contribution in [0.3, 0.4) is 0 Å².